The largest absolute Gasteiger partial charge is 0.394 e. The molecule has 4 heteroatoms. The summed E-state index contributed by atoms with van der Waals surface area (Å²) in [4.78, 5) is 0. The van der Waals surface area contributed by atoms with E-state index >= 15 is 0 Å². The Hall–Kier alpha value is -2.50. The van der Waals surface area contributed by atoms with E-state index in [0.29, 0.717) is 39.6 Å². The Bertz CT molecular complexity index is 1030. The summed E-state index contributed by atoms with van der Waals surface area (Å²) < 4.78 is 16.8. The summed E-state index contributed by atoms with van der Waals surface area (Å²) in [6.45, 7) is 7.43. The predicted molar refractivity (Wildman–Crippen MR) is 128 cm³/mol. The zero-order valence-electron chi connectivity index (χ0n) is 19.0. The monoisotopic (exact) mass is 432 g/mol. The highest BCUT2D eigenvalue weighted by molar-refractivity contribution is 5.92. The summed E-state index contributed by atoms with van der Waals surface area (Å²) in [5.41, 5.74) is 10.4. The lowest BCUT2D eigenvalue weighted by Gasteiger charge is -2.16. The Morgan fingerprint density at radius 2 is 1.38 bits per heavy atom. The summed E-state index contributed by atoms with van der Waals surface area (Å²) in [7, 11) is 0. The first-order valence-corrected chi connectivity index (χ1v) is 11.3. The molecule has 3 aromatic carbocycles. The zero-order chi connectivity index (χ0) is 22.3. The minimum atomic E-state index is 0.0401. The van der Waals surface area contributed by atoms with Crippen molar-refractivity contribution in [1.82, 2.24) is 0 Å². The summed E-state index contributed by atoms with van der Waals surface area (Å²) in [6, 6.07) is 22.0. The Kier molecular flexibility index (Phi) is 7.72. The maximum absolute atomic E-state index is 8.71. The summed E-state index contributed by atoms with van der Waals surface area (Å²) >= 11 is 0. The fourth-order valence-electron chi connectivity index (χ4n) is 4.49. The Morgan fingerprint density at radius 3 is 2.12 bits per heavy atom. The second-order valence-electron chi connectivity index (χ2n) is 8.31. The zero-order valence-corrected chi connectivity index (χ0v) is 19.0. The van der Waals surface area contributed by atoms with Crippen LogP contribution in [0.3, 0.4) is 0 Å². The average Bonchev–Trinajstić information content (AvgIpc) is 3.10. The first-order valence-electron chi connectivity index (χ1n) is 11.3. The van der Waals surface area contributed by atoms with Gasteiger partial charge in [0.1, 0.15) is 0 Å². The van der Waals surface area contributed by atoms with Gasteiger partial charge in [0.2, 0.25) is 0 Å². The van der Waals surface area contributed by atoms with Crippen LogP contribution in [0.1, 0.15) is 28.2 Å². The second-order valence-corrected chi connectivity index (χ2v) is 8.31. The number of aryl methyl sites for hydroxylation is 2. The molecule has 0 saturated carbocycles. The molecule has 4 nitrogen and oxygen atoms in total. The molecule has 0 aliphatic heterocycles. The van der Waals surface area contributed by atoms with E-state index in [1.54, 1.807) is 0 Å². The quantitative estimate of drug-likeness (QED) is 0.427. The van der Waals surface area contributed by atoms with Crippen LogP contribution in [0.5, 0.6) is 0 Å². The standard InChI is InChI=1S/C28H32O4/c1-20-8-9-23-25(16-20)27(19-32-15-14-31-13-12-30-11-10-29)26-18-21(2)17-24(28(23)26)22-6-4-3-5-7-22/h3-9,16-18,27,29H,10-15,19H2,1-2H3. The van der Waals surface area contributed by atoms with Crippen molar-refractivity contribution in [3.8, 4) is 22.3 Å². The first-order chi connectivity index (χ1) is 15.7. The minimum absolute atomic E-state index is 0.0401. The summed E-state index contributed by atoms with van der Waals surface area (Å²) in [6.07, 6.45) is 0. The molecule has 1 atom stereocenters. The van der Waals surface area contributed by atoms with Gasteiger partial charge in [-0.25, -0.2) is 0 Å². The molecule has 0 bridgehead atoms. The van der Waals surface area contributed by atoms with Crippen LogP contribution in [0.2, 0.25) is 0 Å². The van der Waals surface area contributed by atoms with Crippen LogP contribution in [0.4, 0.5) is 0 Å². The van der Waals surface area contributed by atoms with Crippen molar-refractivity contribution in [3.63, 3.8) is 0 Å². The van der Waals surface area contributed by atoms with Crippen LogP contribution in [0.15, 0.2) is 60.7 Å². The lowest BCUT2D eigenvalue weighted by molar-refractivity contribution is 0.00680. The van der Waals surface area contributed by atoms with E-state index in [0.717, 1.165) is 0 Å². The van der Waals surface area contributed by atoms with Gasteiger partial charge < -0.3 is 19.3 Å². The Morgan fingerprint density at radius 1 is 0.688 bits per heavy atom. The highest BCUT2D eigenvalue weighted by atomic mass is 16.5. The topological polar surface area (TPSA) is 47.9 Å². The summed E-state index contributed by atoms with van der Waals surface area (Å²) in [5.74, 6) is 0.218. The molecule has 0 saturated heterocycles. The molecular formula is C28H32O4. The van der Waals surface area contributed by atoms with Crippen molar-refractivity contribution in [2.45, 2.75) is 19.8 Å². The molecule has 0 heterocycles. The maximum Gasteiger partial charge on any atom is 0.0701 e. The van der Waals surface area contributed by atoms with Crippen molar-refractivity contribution in [2.24, 2.45) is 0 Å². The SMILES string of the molecule is Cc1ccc2c(c1)C(COCCOCCOCCO)c1cc(C)cc(-c3ccccc3)c1-2. The van der Waals surface area contributed by atoms with Gasteiger partial charge in [-0.05, 0) is 47.2 Å². The summed E-state index contributed by atoms with van der Waals surface area (Å²) in [5, 5.41) is 8.71. The number of aliphatic hydroxyl groups is 1. The number of aliphatic hydroxyl groups excluding tert-OH is 1. The normalized spacial score (nSPS) is 14.4. The van der Waals surface area contributed by atoms with Gasteiger partial charge in [0.15, 0.2) is 0 Å². The highest BCUT2D eigenvalue weighted by Crippen LogP contribution is 2.49. The molecule has 0 radical (unpaired) electrons. The third-order valence-corrected chi connectivity index (χ3v) is 5.89. The fraction of sp³-hybridized carbons (Fsp3) is 0.357. The van der Waals surface area contributed by atoms with E-state index in [-0.39, 0.29) is 12.5 Å². The van der Waals surface area contributed by atoms with Gasteiger partial charge in [-0.1, -0.05) is 71.8 Å². The fourth-order valence-corrected chi connectivity index (χ4v) is 4.49. The number of hydrogen-bond donors (Lipinski definition) is 1. The predicted octanol–water partition coefficient (Wildman–Crippen LogP) is 5.12. The van der Waals surface area contributed by atoms with Gasteiger partial charge in [-0.15, -0.1) is 0 Å². The van der Waals surface area contributed by atoms with Gasteiger partial charge in [0.05, 0.1) is 46.2 Å². The average molecular weight is 433 g/mol. The number of hydrogen-bond acceptors (Lipinski definition) is 4. The van der Waals surface area contributed by atoms with E-state index in [9.17, 15) is 0 Å². The molecule has 4 rings (SSSR count). The second kappa shape index (κ2) is 10.9. The third-order valence-electron chi connectivity index (χ3n) is 5.89. The van der Waals surface area contributed by atoms with Crippen molar-refractivity contribution in [1.29, 1.82) is 0 Å². The van der Waals surface area contributed by atoms with Gasteiger partial charge in [-0.3, -0.25) is 0 Å². The minimum Gasteiger partial charge on any atom is -0.394 e. The molecule has 1 unspecified atom stereocenters. The lowest BCUT2D eigenvalue weighted by Crippen LogP contribution is -2.13. The van der Waals surface area contributed by atoms with Crippen molar-refractivity contribution in [3.05, 3.63) is 82.9 Å². The molecule has 1 aliphatic rings. The highest BCUT2D eigenvalue weighted by Gasteiger charge is 2.31. The number of benzene rings is 3. The molecule has 3 aromatic rings. The van der Waals surface area contributed by atoms with Gasteiger partial charge >= 0.3 is 0 Å². The van der Waals surface area contributed by atoms with E-state index in [1.807, 2.05) is 0 Å². The van der Waals surface area contributed by atoms with Crippen LogP contribution in [-0.4, -0.2) is 51.4 Å². The van der Waals surface area contributed by atoms with E-state index < -0.39 is 0 Å². The van der Waals surface area contributed by atoms with E-state index in [2.05, 4.69) is 74.5 Å². The number of rotatable bonds is 11. The molecule has 1 N–H and O–H groups in total. The van der Waals surface area contributed by atoms with E-state index in [4.69, 9.17) is 19.3 Å². The van der Waals surface area contributed by atoms with Gasteiger partial charge in [0, 0.05) is 5.92 Å². The Labute approximate surface area is 190 Å². The van der Waals surface area contributed by atoms with Crippen LogP contribution < -0.4 is 0 Å². The van der Waals surface area contributed by atoms with E-state index in [1.165, 1.54) is 44.5 Å². The van der Waals surface area contributed by atoms with Crippen LogP contribution in [-0.2, 0) is 14.2 Å². The van der Waals surface area contributed by atoms with Gasteiger partial charge in [-0.2, -0.15) is 0 Å². The molecule has 168 valence electrons. The van der Waals surface area contributed by atoms with Crippen LogP contribution in [0.25, 0.3) is 22.3 Å². The van der Waals surface area contributed by atoms with Crippen LogP contribution >= 0.6 is 0 Å². The van der Waals surface area contributed by atoms with Crippen molar-refractivity contribution >= 4 is 0 Å². The number of fused-ring (bicyclic) bond motifs is 3. The molecule has 0 aromatic heterocycles. The van der Waals surface area contributed by atoms with Crippen molar-refractivity contribution in [2.75, 3.05) is 46.2 Å². The molecule has 0 fully saturated rings. The van der Waals surface area contributed by atoms with Crippen LogP contribution in [0, 0.1) is 13.8 Å². The molecule has 1 aliphatic carbocycles. The molecule has 0 spiro atoms. The smallest absolute Gasteiger partial charge is 0.0701 e. The van der Waals surface area contributed by atoms with Gasteiger partial charge in [0.25, 0.3) is 0 Å². The first kappa shape index (κ1) is 22.7. The lowest BCUT2D eigenvalue weighted by atomic mass is 9.91. The Balaban J connectivity index is 1.52. The maximum atomic E-state index is 8.71. The molecule has 0 amide bonds. The molecule has 32 heavy (non-hydrogen) atoms. The number of ether oxygens (including phenoxy) is 3. The molecular weight excluding hydrogens is 400 g/mol. The third kappa shape index (κ3) is 5.11. The van der Waals surface area contributed by atoms with Crippen molar-refractivity contribution < 1.29 is 19.3 Å².